The van der Waals surface area contributed by atoms with E-state index in [-0.39, 0.29) is 107 Å². The van der Waals surface area contributed by atoms with E-state index in [1.807, 2.05) is 218 Å². The van der Waals surface area contributed by atoms with Crippen LogP contribution in [-0.4, -0.2) is 28.4 Å². The van der Waals surface area contributed by atoms with Gasteiger partial charge in [-0.2, -0.15) is 72.8 Å². The quantitative estimate of drug-likeness (QED) is 0.0630. The third-order valence-corrected chi connectivity index (χ3v) is 21.3. The zero-order valence-electron chi connectivity index (χ0n) is 36.3. The molecule has 368 valence electrons. The fourth-order valence-electron chi connectivity index (χ4n) is 3.89. The minimum absolute atomic E-state index is 0. The van der Waals surface area contributed by atoms with Gasteiger partial charge in [-0.3, -0.25) is 19.5 Å². The van der Waals surface area contributed by atoms with Crippen molar-refractivity contribution in [3.63, 3.8) is 0 Å². The van der Waals surface area contributed by atoms with Gasteiger partial charge in [0.1, 0.15) is 0 Å². The largest absolute Gasteiger partial charge is 0.745 e. The molecule has 0 aliphatic carbocycles. The van der Waals surface area contributed by atoms with Gasteiger partial charge in [0, 0.05) is 107 Å². The van der Waals surface area contributed by atoms with Crippen molar-refractivity contribution < 1.29 is 125 Å². The second-order valence-electron chi connectivity index (χ2n) is 11.1. The van der Waals surface area contributed by atoms with E-state index in [0.717, 1.165) is 21.2 Å². The number of hydrogen-bond acceptors (Lipinski definition) is 12. The summed E-state index contributed by atoms with van der Waals surface area (Å²) in [7, 11) is 6.28. The van der Waals surface area contributed by atoms with Crippen molar-refractivity contribution >= 4 is 143 Å². The van der Waals surface area contributed by atoms with Gasteiger partial charge in [0.2, 0.25) is 0 Å². The van der Waals surface area contributed by atoms with Crippen LogP contribution in [0.15, 0.2) is 218 Å². The van der Waals surface area contributed by atoms with Gasteiger partial charge >= 0.3 is 0 Å². The Bertz CT molecular complexity index is 1620. The van der Waals surface area contributed by atoms with Crippen LogP contribution in [0.3, 0.4) is 0 Å². The summed E-state index contributed by atoms with van der Waals surface area (Å²) in [5.41, 5.74) is 0. The summed E-state index contributed by atoms with van der Waals surface area (Å²) < 4.78 is 20.1. The molecule has 0 atom stereocenters. The van der Waals surface area contributed by atoms with Crippen LogP contribution in [0.1, 0.15) is 0 Å². The molecule has 0 radical (unpaired) electrons. The average Bonchev–Trinajstić information content (AvgIpc) is 4.11. The molecule has 0 saturated carbocycles. The third-order valence-electron chi connectivity index (χ3n) is 7.03. The van der Waals surface area contributed by atoms with Crippen LogP contribution < -0.4 is 21.2 Å². The first-order chi connectivity index (χ1) is 28.7. The summed E-state index contributed by atoms with van der Waals surface area (Å²) >= 11 is 40.5. The van der Waals surface area contributed by atoms with Crippen LogP contribution in [0.5, 0.6) is 0 Å². The predicted octanol–water partition coefficient (Wildman–Crippen LogP) is 11.7. The van der Waals surface area contributed by atoms with Gasteiger partial charge in [0.15, 0.2) is 0 Å². The Morgan fingerprint density at radius 3 is 0.636 bits per heavy atom. The van der Waals surface area contributed by atoms with Crippen molar-refractivity contribution in [2.24, 2.45) is 0 Å². The van der Waals surface area contributed by atoms with E-state index in [4.69, 9.17) is 116 Å². The second-order valence-corrected chi connectivity index (χ2v) is 33.8. The molecule has 0 heterocycles. The van der Waals surface area contributed by atoms with Crippen molar-refractivity contribution in [1.82, 2.24) is 0 Å². The van der Waals surface area contributed by atoms with E-state index in [1.54, 1.807) is 28.4 Å². The van der Waals surface area contributed by atoms with E-state index in [0.29, 0.717) is 0 Å². The first-order valence-corrected chi connectivity index (χ1v) is 32.6. The van der Waals surface area contributed by atoms with Crippen molar-refractivity contribution in [3.05, 3.63) is 218 Å². The van der Waals surface area contributed by atoms with Crippen molar-refractivity contribution in [3.8, 4) is 0 Å². The summed E-state index contributed by atoms with van der Waals surface area (Å²) in [6, 6.07) is 70.7. The Hall–Kier alpha value is 2.48. The van der Waals surface area contributed by atoms with E-state index >= 15 is 0 Å². The maximum Gasteiger partial charge on any atom is 0.0740 e. The van der Waals surface area contributed by atoms with Gasteiger partial charge in [0.05, 0.1) is 28.4 Å². The summed E-state index contributed by atoms with van der Waals surface area (Å²) in [4.78, 5) is 0. The summed E-state index contributed by atoms with van der Waals surface area (Å²) in [6.45, 7) is 0. The zero-order valence-corrected chi connectivity index (χ0v) is 56.8. The molecule has 0 spiro atoms. The average molecular weight is 1380 g/mol. The number of hydrogen-bond donors (Lipinski definition) is 0. The molecule has 0 aliphatic heterocycles. The normalized spacial score (nSPS) is 9.64. The first-order valence-electron chi connectivity index (χ1n) is 17.7. The van der Waals surface area contributed by atoms with Crippen LogP contribution in [0.2, 0.25) is 0 Å². The Labute approximate surface area is 508 Å². The Morgan fingerprint density at radius 2 is 0.500 bits per heavy atom. The van der Waals surface area contributed by atoms with Gasteiger partial charge in [-0.1, -0.05) is 0 Å². The minimum atomic E-state index is -2.06. The molecule has 8 aromatic rings. The number of rotatable bonds is 8. The summed E-state index contributed by atoms with van der Waals surface area (Å²) in [5, 5.41) is 3.89. The maximum absolute atomic E-state index is 5.07. The van der Waals surface area contributed by atoms with E-state index in [9.17, 15) is 0 Å². The molecule has 0 amide bonds. The Balaban J connectivity index is -0.000000156. The van der Waals surface area contributed by atoms with Crippen LogP contribution in [0, 0.1) is 0 Å². The van der Waals surface area contributed by atoms with Crippen molar-refractivity contribution in [2.45, 2.75) is 0 Å². The summed E-state index contributed by atoms with van der Waals surface area (Å²) in [6.07, 6.45) is 0. The Morgan fingerprint density at radius 1 is 0.318 bits per heavy atom. The summed E-state index contributed by atoms with van der Waals surface area (Å²) in [5.74, 6) is -8.25. The SMILES string of the molecule is CO[P+]([S-])([S-])[c-]1[cH-][cH-][cH-][cH-]1.CO[P+]([S-])([S-])[c-]1cccc1.CO[P+]([S-])([S-])[c-]1cccc1.CO[P+]([S-])([S-])[c-]1cccc1.[Fe].[Fe].[Fe].[Fe].[Zn].[Zn].c1cc[cH-]c1.c1cc[cH-]c1.c1cc[cH-]c1.c1cc[cH-]c1. The fourth-order valence-corrected chi connectivity index (χ4v) is 9.80. The van der Waals surface area contributed by atoms with Crippen molar-refractivity contribution in [1.29, 1.82) is 0 Å². The molecule has 8 rings (SSSR count). The molecule has 0 saturated heterocycles. The van der Waals surface area contributed by atoms with Gasteiger partial charge in [-0.25, -0.2) is 84.9 Å². The molecule has 4 nitrogen and oxygen atoms in total. The predicted molar refractivity (Wildman–Crippen MR) is 289 cm³/mol. The minimum Gasteiger partial charge on any atom is -0.745 e. The second kappa shape index (κ2) is 48.4. The molecule has 0 aliphatic rings. The first kappa shape index (κ1) is 79.9. The van der Waals surface area contributed by atoms with Crippen LogP contribution >= 0.6 is 23.6 Å². The molecule has 0 aromatic heterocycles. The molecule has 22 heteroatoms. The van der Waals surface area contributed by atoms with Crippen LogP contribution in [0.4, 0.5) is 0 Å². The topological polar surface area (TPSA) is 36.9 Å². The van der Waals surface area contributed by atoms with Gasteiger partial charge in [-0.05, 0) is 15.9 Å². The molecule has 0 unspecified atom stereocenters. The molecular weight excluding hydrogens is 1330 g/mol. The molecule has 0 N–H and O–H groups in total. The zero-order chi connectivity index (χ0) is 44.6. The van der Waals surface area contributed by atoms with E-state index in [2.05, 4.69) is 0 Å². The molecule has 8 aromatic carbocycles. The van der Waals surface area contributed by atoms with Gasteiger partial charge in [0.25, 0.3) is 0 Å². The van der Waals surface area contributed by atoms with Gasteiger partial charge < -0.3 is 132 Å². The molecule has 66 heavy (non-hydrogen) atoms. The standard InChI is InChI=1S/4C6H8OPS2.4C5H5.4Fe.2Zn/c4*1-7-8(9,10)6-4-2-3-5-6;4*1-2-4-5-3-1;;;;;;/h4*2-5H,1H3,(H,9,10);4*1-5H;;;;;;/q-5;7*-1;;;;;;/p-4. The van der Waals surface area contributed by atoms with E-state index < -0.39 is 23.6 Å². The maximum atomic E-state index is 5.07. The van der Waals surface area contributed by atoms with Crippen LogP contribution in [0.25, 0.3) is 0 Å². The molecular formula is C44H48Fe4O4P4S8Zn2-16. The van der Waals surface area contributed by atoms with Gasteiger partial charge in [-0.15, -0.1) is 54.1 Å². The fraction of sp³-hybridized carbons (Fsp3) is 0.0909. The van der Waals surface area contributed by atoms with Crippen LogP contribution in [-0.2, 0) is 223 Å². The smallest absolute Gasteiger partial charge is 0.0740 e. The van der Waals surface area contributed by atoms with E-state index in [1.165, 1.54) is 0 Å². The van der Waals surface area contributed by atoms with Crippen molar-refractivity contribution in [2.75, 3.05) is 28.4 Å². The molecule has 0 bridgehead atoms. The third kappa shape index (κ3) is 38.1. The monoisotopic (exact) mass is 1370 g/mol. The Kier molecular flexibility index (Phi) is 58.6. The molecule has 0 fully saturated rings.